The molecule has 0 saturated heterocycles. The van der Waals surface area contributed by atoms with Crippen LogP contribution in [0.15, 0.2) is 63.6 Å². The topological polar surface area (TPSA) is 73.9 Å². The maximum atomic E-state index is 13.6. The van der Waals surface area contributed by atoms with E-state index in [0.717, 1.165) is 28.3 Å². The molecule has 4 rings (SSSR count). The van der Waals surface area contributed by atoms with Gasteiger partial charge in [-0.25, -0.2) is 4.79 Å². The molecule has 2 aromatic rings. The van der Waals surface area contributed by atoms with E-state index < -0.39 is 11.9 Å². The van der Waals surface area contributed by atoms with Crippen LogP contribution in [-0.4, -0.2) is 38.2 Å². The van der Waals surface area contributed by atoms with Crippen LogP contribution in [0.25, 0.3) is 0 Å². The van der Waals surface area contributed by atoms with E-state index in [9.17, 15) is 9.59 Å². The summed E-state index contributed by atoms with van der Waals surface area (Å²) >= 11 is 1.55. The van der Waals surface area contributed by atoms with E-state index in [2.05, 4.69) is 5.32 Å². The molecule has 0 unspecified atom stereocenters. The van der Waals surface area contributed by atoms with Gasteiger partial charge in [-0.2, -0.15) is 11.3 Å². The summed E-state index contributed by atoms with van der Waals surface area (Å²) in [7, 11) is 1.65. The Hall–Kier alpha value is -2.90. The quantitative estimate of drug-likeness (QED) is 0.418. The third-order valence-electron chi connectivity index (χ3n) is 6.27. The number of allylic oxidation sites excluding steroid dienone is 3. The standard InChI is InChI=1S/C27H31NO5S/c1-16(2)32-10-11-33-27(30)24-17(3)28-21-13-19(20-7-5-6-8-23(20)31-4)14-22(29)26(21)25(24)18-9-12-34-15-18/h5-9,12,15-16,19,25,28H,10-11,13-14H2,1-4H3/t19-,25-/m0/s1. The Balaban J connectivity index is 1.65. The van der Waals surface area contributed by atoms with Gasteiger partial charge in [0.1, 0.15) is 12.4 Å². The Kier molecular flexibility index (Phi) is 7.54. The minimum Gasteiger partial charge on any atom is -0.496 e. The number of para-hydroxylation sites is 1. The van der Waals surface area contributed by atoms with Gasteiger partial charge in [0.15, 0.2) is 5.78 Å². The highest BCUT2D eigenvalue weighted by Crippen LogP contribution is 2.47. The highest BCUT2D eigenvalue weighted by Gasteiger charge is 2.41. The number of hydrogen-bond acceptors (Lipinski definition) is 7. The summed E-state index contributed by atoms with van der Waals surface area (Å²) in [4.78, 5) is 26.8. The highest BCUT2D eigenvalue weighted by atomic mass is 32.1. The van der Waals surface area contributed by atoms with Crippen molar-refractivity contribution in [3.63, 3.8) is 0 Å². The van der Waals surface area contributed by atoms with Gasteiger partial charge < -0.3 is 19.5 Å². The van der Waals surface area contributed by atoms with Crippen molar-refractivity contribution in [1.82, 2.24) is 5.32 Å². The number of benzene rings is 1. The zero-order valence-corrected chi connectivity index (χ0v) is 20.9. The maximum Gasteiger partial charge on any atom is 0.336 e. The number of methoxy groups -OCH3 is 1. The molecule has 1 aromatic carbocycles. The SMILES string of the molecule is COc1ccccc1[C@@H]1CC(=O)C2=C(C1)NC(C)=C(C(=O)OCCOC(C)C)[C@@H]2c1ccsc1. The number of dihydropyridines is 1. The fourth-order valence-corrected chi connectivity index (χ4v) is 5.49. The molecule has 0 saturated carbocycles. The molecule has 34 heavy (non-hydrogen) atoms. The molecule has 1 N–H and O–H groups in total. The van der Waals surface area contributed by atoms with E-state index in [1.54, 1.807) is 18.4 Å². The first-order chi connectivity index (χ1) is 16.4. The van der Waals surface area contributed by atoms with Crippen molar-refractivity contribution in [3.05, 3.63) is 74.8 Å². The van der Waals surface area contributed by atoms with Crippen LogP contribution in [0.2, 0.25) is 0 Å². The third kappa shape index (κ3) is 4.95. The highest BCUT2D eigenvalue weighted by molar-refractivity contribution is 7.08. The molecule has 0 amide bonds. The summed E-state index contributed by atoms with van der Waals surface area (Å²) in [6, 6.07) is 9.82. The number of carbonyl (C=O) groups excluding carboxylic acids is 2. The van der Waals surface area contributed by atoms with E-state index >= 15 is 0 Å². The summed E-state index contributed by atoms with van der Waals surface area (Å²) in [5.41, 5.74) is 4.72. The van der Waals surface area contributed by atoms with Crippen molar-refractivity contribution in [3.8, 4) is 5.75 Å². The predicted octanol–water partition coefficient (Wildman–Crippen LogP) is 5.09. The molecular formula is C27H31NO5S. The second kappa shape index (κ2) is 10.6. The number of esters is 1. The van der Waals surface area contributed by atoms with Crippen LogP contribution in [0, 0.1) is 0 Å². The van der Waals surface area contributed by atoms with Crippen LogP contribution in [0.5, 0.6) is 5.75 Å². The minimum atomic E-state index is -0.438. The van der Waals surface area contributed by atoms with Gasteiger partial charge in [-0.3, -0.25) is 4.79 Å². The van der Waals surface area contributed by atoms with Crippen LogP contribution in [-0.2, 0) is 19.1 Å². The van der Waals surface area contributed by atoms with E-state index in [1.807, 2.05) is 61.9 Å². The first kappa shape index (κ1) is 24.2. The number of carbonyl (C=O) groups is 2. The molecule has 1 aromatic heterocycles. The molecule has 0 radical (unpaired) electrons. The fourth-order valence-electron chi connectivity index (χ4n) is 4.80. The number of rotatable bonds is 8. The monoisotopic (exact) mass is 481 g/mol. The molecule has 0 fully saturated rings. The van der Waals surface area contributed by atoms with Crippen molar-refractivity contribution in [1.29, 1.82) is 0 Å². The molecular weight excluding hydrogens is 450 g/mol. The van der Waals surface area contributed by atoms with Gasteiger partial charge in [-0.05, 0) is 61.2 Å². The van der Waals surface area contributed by atoms with Crippen LogP contribution >= 0.6 is 11.3 Å². The van der Waals surface area contributed by atoms with Gasteiger partial charge >= 0.3 is 5.97 Å². The van der Waals surface area contributed by atoms with E-state index in [-0.39, 0.29) is 24.4 Å². The first-order valence-corrected chi connectivity index (χ1v) is 12.5. The number of ketones is 1. The largest absolute Gasteiger partial charge is 0.496 e. The molecule has 0 spiro atoms. The van der Waals surface area contributed by atoms with Gasteiger partial charge in [-0.15, -0.1) is 0 Å². The van der Waals surface area contributed by atoms with Gasteiger partial charge in [0.25, 0.3) is 0 Å². The van der Waals surface area contributed by atoms with Crippen LogP contribution in [0.3, 0.4) is 0 Å². The van der Waals surface area contributed by atoms with Crippen LogP contribution in [0.4, 0.5) is 0 Å². The summed E-state index contributed by atoms with van der Waals surface area (Å²) in [5, 5.41) is 7.36. The second-order valence-electron chi connectivity index (χ2n) is 8.87. The van der Waals surface area contributed by atoms with E-state index in [1.165, 1.54) is 0 Å². The zero-order chi connectivity index (χ0) is 24.2. The third-order valence-corrected chi connectivity index (χ3v) is 6.97. The molecule has 6 nitrogen and oxygen atoms in total. The van der Waals surface area contributed by atoms with E-state index in [4.69, 9.17) is 14.2 Å². The lowest BCUT2D eigenvalue weighted by Crippen LogP contribution is -2.36. The fraction of sp³-hybridized carbons (Fsp3) is 0.407. The van der Waals surface area contributed by atoms with Crippen molar-refractivity contribution in [2.45, 2.75) is 51.6 Å². The Bertz CT molecular complexity index is 1120. The molecule has 180 valence electrons. The molecule has 0 bridgehead atoms. The Labute approximate surface area is 204 Å². The molecule has 2 aliphatic rings. The normalized spacial score (nSPS) is 20.3. The van der Waals surface area contributed by atoms with Gasteiger partial charge in [-0.1, -0.05) is 18.2 Å². The zero-order valence-electron chi connectivity index (χ0n) is 20.1. The number of thiophene rings is 1. The number of nitrogens with one attached hydrogen (secondary N) is 1. The first-order valence-electron chi connectivity index (χ1n) is 11.6. The molecule has 2 atom stereocenters. The number of ether oxygens (including phenoxy) is 3. The smallest absolute Gasteiger partial charge is 0.336 e. The van der Waals surface area contributed by atoms with E-state index in [0.29, 0.717) is 30.6 Å². The Morgan fingerprint density at radius 1 is 1.18 bits per heavy atom. The lowest BCUT2D eigenvalue weighted by molar-refractivity contribution is -0.141. The molecule has 1 aliphatic carbocycles. The average molecular weight is 482 g/mol. The van der Waals surface area contributed by atoms with Crippen molar-refractivity contribution in [2.24, 2.45) is 0 Å². The molecule has 2 heterocycles. The number of Topliss-reactive ketones (excluding diaryl/α,β-unsaturated/α-hetero) is 1. The van der Waals surface area contributed by atoms with Crippen LogP contribution < -0.4 is 10.1 Å². The summed E-state index contributed by atoms with van der Waals surface area (Å²) in [6.07, 6.45) is 1.10. The van der Waals surface area contributed by atoms with Crippen LogP contribution in [0.1, 0.15) is 56.6 Å². The summed E-state index contributed by atoms with van der Waals surface area (Å²) in [5.74, 6) is -0.0177. The molecule has 1 aliphatic heterocycles. The molecule has 7 heteroatoms. The second-order valence-corrected chi connectivity index (χ2v) is 9.65. The predicted molar refractivity (Wildman–Crippen MR) is 132 cm³/mol. The van der Waals surface area contributed by atoms with Gasteiger partial charge in [0.05, 0.1) is 25.4 Å². The lowest BCUT2D eigenvalue weighted by atomic mass is 9.72. The Morgan fingerprint density at radius 3 is 2.68 bits per heavy atom. The number of hydrogen-bond donors (Lipinski definition) is 1. The van der Waals surface area contributed by atoms with Gasteiger partial charge in [0.2, 0.25) is 0 Å². The Morgan fingerprint density at radius 2 is 1.97 bits per heavy atom. The minimum absolute atomic E-state index is 0.00695. The van der Waals surface area contributed by atoms with Crippen molar-refractivity contribution < 1.29 is 23.8 Å². The van der Waals surface area contributed by atoms with Crippen molar-refractivity contribution >= 4 is 23.1 Å². The maximum absolute atomic E-state index is 13.6. The van der Waals surface area contributed by atoms with Crippen molar-refractivity contribution in [2.75, 3.05) is 20.3 Å². The lowest BCUT2D eigenvalue weighted by Gasteiger charge is -2.36. The van der Waals surface area contributed by atoms with Gasteiger partial charge in [0, 0.05) is 35.2 Å². The summed E-state index contributed by atoms with van der Waals surface area (Å²) < 4.78 is 16.6. The summed E-state index contributed by atoms with van der Waals surface area (Å²) in [6.45, 7) is 6.25. The average Bonchev–Trinajstić information content (AvgIpc) is 3.35.